The first-order valence-electron chi connectivity index (χ1n) is 31.8. The third kappa shape index (κ3) is 18.2. The number of fused-ring (bicyclic) bond motifs is 4. The molecule has 0 bridgehead atoms. The van der Waals surface area contributed by atoms with Gasteiger partial charge in [0.25, 0.3) is 70.0 Å². The van der Waals surface area contributed by atoms with Crippen LogP contribution >= 0.6 is 46.9 Å². The second-order valence-electron chi connectivity index (χ2n) is 24.7. The summed E-state index contributed by atoms with van der Waals surface area (Å²) in [6, 6.07) is 0. The number of aryl methyl sites for hydroxylation is 2. The van der Waals surface area contributed by atoms with Crippen LogP contribution in [0.15, 0.2) is 47.6 Å². The van der Waals surface area contributed by atoms with Gasteiger partial charge in [0.2, 0.25) is 23.5 Å². The van der Waals surface area contributed by atoms with Crippen molar-refractivity contribution in [1.82, 2.24) is 68.1 Å². The Balaban J connectivity index is 0.000000220. The maximum Gasteiger partial charge on any atom is 0.313 e. The first-order valence-corrected chi connectivity index (χ1v) is 40.6. The number of anilines is 4. The van der Waals surface area contributed by atoms with E-state index in [2.05, 4.69) is 80.7 Å². The number of ether oxygens (including phenoxy) is 9. The average Bonchev–Trinajstić information content (AvgIpc) is 1.62. The number of phosphoric ester groups is 4. The lowest BCUT2D eigenvalue weighted by Crippen LogP contribution is -2.46. The average molecular weight is 1700 g/mol. The fraction of sp³-hybridized carbons (Fsp3) is 0.608. The zero-order chi connectivity index (χ0) is 81.1. The molecule has 8 aromatic heterocycles. The summed E-state index contributed by atoms with van der Waals surface area (Å²) in [7, 11) is -20.6. The van der Waals surface area contributed by atoms with Crippen LogP contribution in [0, 0.1) is 0 Å². The Bertz CT molecular complexity index is 5150. The Morgan fingerprint density at radius 2 is 0.847 bits per heavy atom. The van der Waals surface area contributed by atoms with E-state index in [-0.39, 0.29) is 68.2 Å². The Morgan fingerprint density at radius 1 is 0.505 bits per heavy atom. The van der Waals surface area contributed by atoms with E-state index in [1.807, 2.05) is 0 Å². The van der Waals surface area contributed by atoms with E-state index in [1.54, 1.807) is 35.2 Å². The number of nitrogen functional groups attached to an aromatic ring is 2. The molecule has 12 heterocycles. The molecule has 4 aliphatic rings. The fourth-order valence-electron chi connectivity index (χ4n) is 12.3. The topological polar surface area (TPSA) is 693 Å². The Morgan fingerprint density at radius 3 is 1.21 bits per heavy atom. The van der Waals surface area contributed by atoms with Gasteiger partial charge in [0.05, 0.1) is 53.2 Å². The number of phosphoric acid groups is 6. The predicted octanol–water partition coefficient (Wildman–Crippen LogP) is -6.26. The van der Waals surface area contributed by atoms with E-state index >= 15 is 4.39 Å². The van der Waals surface area contributed by atoms with Gasteiger partial charge in [0.1, 0.15) is 90.8 Å². The van der Waals surface area contributed by atoms with Crippen molar-refractivity contribution in [2.45, 2.75) is 98.2 Å². The van der Waals surface area contributed by atoms with Gasteiger partial charge in [-0.1, -0.05) is 9.97 Å². The summed E-state index contributed by atoms with van der Waals surface area (Å²) in [5, 5.41) is 21.6. The maximum absolute atomic E-state index is 15.3. The number of aromatic amines is 2. The minimum Gasteiger partial charge on any atom is -0.756 e. The Hall–Kier alpha value is -6.69. The smallest absolute Gasteiger partial charge is 0.313 e. The summed E-state index contributed by atoms with van der Waals surface area (Å²) < 4.78 is 183. The normalized spacial score (nSPS) is 28.9. The number of aliphatic hydroxyl groups excluding tert-OH is 2. The molecule has 0 saturated carbocycles. The Kier molecular flexibility index (Phi) is 25.5. The predicted molar refractivity (Wildman–Crippen MR) is 352 cm³/mol. The van der Waals surface area contributed by atoms with E-state index < -0.39 is 183 Å². The molecule has 4 saturated heterocycles. The SMILES string of the molecule is COC1[C@@H](COP(=O)([O-])OP(=O)([O-])OP(=O)([O-])OC[C@H]2O[C@@H]([n+]3cn(C)c4c(=O)[nH]c(N(C)C)nc43)C(F)[C@H]2O)O[C@@H](n2cnc3c(N)ncnc32)[C@H]1OC.COC1[C@@H](COP(=O)([O-])OP(=O)([O-])OP(=O)([O-])OC[C@H]2O[C@@H]([n+]3cn(C)c4c(=O)[nH]c(N(C)C)nc43)C(O)[C@H]2OC)O[C@@H](n2cnc3c(N)ncnc32)[C@H]1OC. The summed E-state index contributed by atoms with van der Waals surface area (Å²) in [4.78, 5) is 142. The Labute approximate surface area is 622 Å². The fourth-order valence-corrected chi connectivity index (χ4v) is 19.1. The van der Waals surface area contributed by atoms with Crippen LogP contribution in [0.2, 0.25) is 0 Å². The van der Waals surface area contributed by atoms with Gasteiger partial charge in [-0.2, -0.15) is 0 Å². The highest BCUT2D eigenvalue weighted by molar-refractivity contribution is 7.66. The number of hydrogen-bond donors (Lipinski definition) is 6. The van der Waals surface area contributed by atoms with Crippen LogP contribution < -0.4 is 70.9 Å². The number of rotatable bonds is 31. The van der Waals surface area contributed by atoms with Gasteiger partial charge < -0.3 is 122 Å². The third-order valence-corrected chi connectivity index (χ3v) is 25.4. The number of alkyl halides is 1. The summed E-state index contributed by atoms with van der Waals surface area (Å²) >= 11 is 0. The lowest BCUT2D eigenvalue weighted by Gasteiger charge is -2.35. The van der Waals surface area contributed by atoms with E-state index in [4.69, 9.17) is 58.6 Å². The number of methoxy groups -OCH3 is 5. The first kappa shape index (κ1) is 85.2. The molecule has 614 valence electrons. The van der Waals surface area contributed by atoms with Gasteiger partial charge in [0, 0.05) is 63.7 Å². The van der Waals surface area contributed by atoms with Gasteiger partial charge in [-0.05, 0) is 0 Å². The minimum absolute atomic E-state index is 0.0150. The zero-order valence-corrected chi connectivity index (χ0v) is 64.8. The number of nitrogens with zero attached hydrogens (tertiary/aromatic N) is 16. The molecule has 22 atom stereocenters. The van der Waals surface area contributed by atoms with E-state index in [0.29, 0.717) is 0 Å². The molecule has 4 fully saturated rings. The van der Waals surface area contributed by atoms with Gasteiger partial charge in [0.15, 0.2) is 54.2 Å². The summed E-state index contributed by atoms with van der Waals surface area (Å²) in [6.45, 7) is -4.04. The number of hydrogen-bond acceptors (Lipinski definition) is 45. The lowest BCUT2D eigenvalue weighted by molar-refractivity contribution is -0.745. The van der Waals surface area contributed by atoms with Crippen LogP contribution in [-0.2, 0) is 119 Å². The molecular formula is C51H71FN20O33P6-4. The molecule has 8 N–H and O–H groups in total. The van der Waals surface area contributed by atoms with Crippen LogP contribution in [0.25, 0.3) is 44.7 Å². The van der Waals surface area contributed by atoms with Crippen LogP contribution in [0.4, 0.5) is 27.9 Å². The number of halogens is 1. The molecule has 0 aromatic carbocycles. The molecular weight excluding hydrogens is 1630 g/mol. The van der Waals surface area contributed by atoms with Crippen molar-refractivity contribution in [3.05, 3.63) is 58.7 Å². The lowest BCUT2D eigenvalue weighted by atomic mass is 10.1. The molecule has 4 aliphatic heterocycles. The second-order valence-corrected chi connectivity index (χ2v) is 33.7. The highest BCUT2D eigenvalue weighted by Gasteiger charge is 2.53. The second kappa shape index (κ2) is 33.3. The van der Waals surface area contributed by atoms with E-state index in [9.17, 15) is 76.6 Å². The number of H-pyrrole nitrogens is 2. The van der Waals surface area contributed by atoms with Crippen molar-refractivity contribution in [3.63, 3.8) is 0 Å². The van der Waals surface area contributed by atoms with Crippen molar-refractivity contribution in [3.8, 4) is 0 Å². The van der Waals surface area contributed by atoms with Crippen LogP contribution in [0.1, 0.15) is 24.9 Å². The highest BCUT2D eigenvalue weighted by atomic mass is 31.3. The minimum atomic E-state index is -6.33. The van der Waals surface area contributed by atoms with Gasteiger partial charge in [-0.3, -0.25) is 65.2 Å². The summed E-state index contributed by atoms with van der Waals surface area (Å²) in [5.74, 6) is 0.436. The number of nitrogens with one attached hydrogen (secondary N) is 2. The molecule has 0 spiro atoms. The molecule has 0 aliphatic carbocycles. The number of aliphatic hydroxyl groups is 2. The molecule has 53 nitrogen and oxygen atoms in total. The van der Waals surface area contributed by atoms with Crippen molar-refractivity contribution in [2.24, 2.45) is 14.1 Å². The molecule has 0 radical (unpaired) electrons. The molecule has 10 unspecified atom stereocenters. The quantitative estimate of drug-likeness (QED) is 0.0174. The standard InChI is InChI=1S/C26H39N10O17P3.C25H36FN10O16P3/c1-33(2)26-31-22-15(23(38)32-26)34(3)11-36(22)24-16(37)17(45-4)12(50-24)7-48-54(39,40)52-56(43,44)53-55(41,42)49-8-13-18(46-5)19(47-6)25(51-13)35-10-30-14-20(27)28-9-29-21(14)35;1-33(2)25-31-21-15(22(38)32-25)34(3)10-36(21)23-13(26)16(37)11(49-23)6-47-53(39,40)51-55(43,44)52-54(41,42)48-7-12-17(45-4)18(46-5)24(50-12)35-9-30-14-19(27)28-8-29-20(14)35/h9-13,16-19,24-25,37H,7-8H2,1-6H3,(H5-,27,28,29,31,32,38,39,40,41,42,43,44);8-13,16-18,23-24,37H,6-7H2,1-5H3,(H5-,27,28,29,31,32,38,39,40,41,42,43,44)/p-4/t12-,13-,16?,17+,18?,19+,24-,25-;11-,12-,13?,16+,17?,18+,23-,24-/m11/s1. The molecule has 8 aromatic rings. The number of nitrogens with two attached hydrogens (primary N) is 2. The van der Waals surface area contributed by atoms with Crippen molar-refractivity contribution < 1.29 is 158 Å². The van der Waals surface area contributed by atoms with Crippen molar-refractivity contribution in [2.75, 3.05) is 111 Å². The molecule has 111 heavy (non-hydrogen) atoms. The molecule has 0 amide bonds. The van der Waals surface area contributed by atoms with Gasteiger partial charge in [-0.25, -0.2) is 60.7 Å². The molecule has 12 rings (SSSR count). The monoisotopic (exact) mass is 1700 g/mol. The van der Waals surface area contributed by atoms with Crippen LogP contribution in [-0.4, -0.2) is 242 Å². The zero-order valence-electron chi connectivity index (χ0n) is 59.5. The van der Waals surface area contributed by atoms with E-state index in [1.165, 1.54) is 113 Å². The highest BCUT2D eigenvalue weighted by Crippen LogP contribution is 2.65. The summed E-state index contributed by atoms with van der Waals surface area (Å²) in [5.41, 5.74) is 11.8. The van der Waals surface area contributed by atoms with Gasteiger partial charge in [-0.15, -0.1) is 0 Å². The largest absolute Gasteiger partial charge is 0.756 e. The van der Waals surface area contributed by atoms with E-state index in [0.717, 1.165) is 4.57 Å². The van der Waals surface area contributed by atoms with Crippen molar-refractivity contribution in [1.29, 1.82) is 0 Å². The molecule has 60 heteroatoms. The van der Waals surface area contributed by atoms with Crippen LogP contribution in [0.5, 0.6) is 0 Å². The maximum atomic E-state index is 15.3. The number of aromatic nitrogens is 16. The number of imidazole rings is 4. The third-order valence-electron chi connectivity index (χ3n) is 17.2. The summed E-state index contributed by atoms with van der Waals surface area (Å²) in [6.07, 6.45) is -13.9. The van der Waals surface area contributed by atoms with Crippen LogP contribution in [0.3, 0.4) is 0 Å². The van der Waals surface area contributed by atoms with Crippen molar-refractivity contribution >= 4 is 115 Å². The first-order chi connectivity index (χ1) is 52.1. The van der Waals surface area contributed by atoms with Gasteiger partial charge >= 0.3 is 11.3 Å².